The Hall–Kier alpha value is -0.950. The van der Waals surface area contributed by atoms with Crippen LogP contribution in [-0.2, 0) is 6.18 Å². The van der Waals surface area contributed by atoms with Crippen molar-refractivity contribution in [2.24, 2.45) is 5.92 Å². The lowest BCUT2D eigenvalue weighted by Crippen LogP contribution is -2.09. The number of alkyl halides is 3. The predicted octanol–water partition coefficient (Wildman–Crippen LogP) is 2.40. The van der Waals surface area contributed by atoms with E-state index in [1.54, 1.807) is 6.92 Å². The molecule has 0 aliphatic carbocycles. The minimum absolute atomic E-state index is 0.00176. The molecule has 1 aromatic heterocycles. The molecule has 7 heteroatoms. The molecule has 1 aromatic rings. The number of aromatic nitrogens is 1. The molecule has 0 radical (unpaired) electrons. The number of aliphatic hydroxyl groups excluding tert-OH is 1. The first kappa shape index (κ1) is 14.1. The Morgan fingerprint density at radius 2 is 2.18 bits per heavy atom. The van der Waals surface area contributed by atoms with E-state index in [1.165, 1.54) is 11.8 Å². The van der Waals surface area contributed by atoms with Crippen molar-refractivity contribution in [3.63, 3.8) is 0 Å². The fraction of sp³-hybridized carbons (Fsp3) is 0.500. The lowest BCUT2D eigenvalue weighted by Gasteiger charge is -2.11. The third-order valence-corrected chi connectivity index (χ3v) is 3.42. The fourth-order valence-electron chi connectivity index (χ4n) is 1.01. The predicted molar refractivity (Wildman–Crippen MR) is 60.6 cm³/mol. The Balaban J connectivity index is 2.84. The van der Waals surface area contributed by atoms with E-state index in [4.69, 9.17) is 10.8 Å². The molecule has 0 fully saturated rings. The van der Waals surface area contributed by atoms with Crippen molar-refractivity contribution >= 4 is 17.4 Å². The van der Waals surface area contributed by atoms with Crippen LogP contribution in [-0.4, -0.2) is 22.5 Å². The highest BCUT2D eigenvalue weighted by Gasteiger charge is 2.32. The van der Waals surface area contributed by atoms with Crippen molar-refractivity contribution in [1.82, 2.24) is 4.98 Å². The maximum atomic E-state index is 12.4. The van der Waals surface area contributed by atoms with Gasteiger partial charge in [0.1, 0.15) is 5.69 Å². The molecule has 3 nitrogen and oxygen atoms in total. The summed E-state index contributed by atoms with van der Waals surface area (Å²) in [5.74, 6) is 0.504. The zero-order chi connectivity index (χ0) is 13.1. The van der Waals surface area contributed by atoms with Gasteiger partial charge in [-0.05, 0) is 12.0 Å². The summed E-state index contributed by atoms with van der Waals surface area (Å²) in [6, 6.07) is 0.935. The van der Waals surface area contributed by atoms with Crippen LogP contribution in [0.2, 0.25) is 0 Å². The number of rotatable bonds is 4. The third-order valence-electron chi connectivity index (χ3n) is 2.02. The van der Waals surface area contributed by atoms with Gasteiger partial charge in [0.25, 0.3) is 0 Å². The van der Waals surface area contributed by atoms with E-state index in [0.717, 1.165) is 12.3 Å². The Kier molecular flexibility index (Phi) is 4.64. The SMILES string of the molecule is CC(CO)CSc1cc(C(F)(F)F)ncc1N. The molecule has 0 bridgehead atoms. The molecule has 1 rings (SSSR count). The van der Waals surface area contributed by atoms with E-state index in [0.29, 0.717) is 10.6 Å². The number of hydrogen-bond donors (Lipinski definition) is 2. The van der Waals surface area contributed by atoms with Crippen LogP contribution in [0.4, 0.5) is 18.9 Å². The lowest BCUT2D eigenvalue weighted by molar-refractivity contribution is -0.141. The summed E-state index contributed by atoms with van der Waals surface area (Å²) in [6.07, 6.45) is -3.46. The van der Waals surface area contributed by atoms with E-state index in [9.17, 15) is 13.2 Å². The van der Waals surface area contributed by atoms with E-state index >= 15 is 0 Å². The summed E-state index contributed by atoms with van der Waals surface area (Å²) in [5, 5.41) is 8.83. The lowest BCUT2D eigenvalue weighted by atomic mass is 10.2. The molecule has 1 unspecified atom stereocenters. The normalized spacial score (nSPS) is 13.7. The molecule has 0 aliphatic rings. The van der Waals surface area contributed by atoms with Crippen molar-refractivity contribution in [1.29, 1.82) is 0 Å². The molecule has 0 aromatic carbocycles. The van der Waals surface area contributed by atoms with Crippen LogP contribution in [0, 0.1) is 5.92 Å². The summed E-state index contributed by atoms with van der Waals surface area (Å²) < 4.78 is 37.2. The first-order chi connectivity index (χ1) is 7.84. The van der Waals surface area contributed by atoms with Crippen molar-refractivity contribution < 1.29 is 18.3 Å². The number of nitrogens with zero attached hydrogens (tertiary/aromatic N) is 1. The summed E-state index contributed by atoms with van der Waals surface area (Å²) in [5.41, 5.74) is 4.81. The van der Waals surface area contributed by atoms with Gasteiger partial charge < -0.3 is 10.8 Å². The topological polar surface area (TPSA) is 59.1 Å². The largest absolute Gasteiger partial charge is 0.433 e. The van der Waals surface area contributed by atoms with Gasteiger partial charge in [-0.25, -0.2) is 4.98 Å². The van der Waals surface area contributed by atoms with Gasteiger partial charge in [0.2, 0.25) is 0 Å². The molecule has 0 spiro atoms. The molecule has 96 valence electrons. The quantitative estimate of drug-likeness (QED) is 0.822. The number of nitrogen functional groups attached to an aromatic ring is 1. The Bertz CT molecular complexity index is 384. The van der Waals surface area contributed by atoms with Crippen LogP contribution >= 0.6 is 11.8 Å². The Labute approximate surface area is 101 Å². The van der Waals surface area contributed by atoms with Crippen LogP contribution in [0.25, 0.3) is 0 Å². The van der Waals surface area contributed by atoms with E-state index in [2.05, 4.69) is 4.98 Å². The van der Waals surface area contributed by atoms with Crippen molar-refractivity contribution in [3.05, 3.63) is 18.0 Å². The number of hydrogen-bond acceptors (Lipinski definition) is 4. The summed E-state index contributed by atoms with van der Waals surface area (Å²) in [4.78, 5) is 3.59. The van der Waals surface area contributed by atoms with E-state index in [1.807, 2.05) is 0 Å². The van der Waals surface area contributed by atoms with Gasteiger partial charge in [0, 0.05) is 17.3 Å². The van der Waals surface area contributed by atoms with Crippen LogP contribution in [0.3, 0.4) is 0 Å². The molecule has 0 saturated carbocycles. The highest BCUT2D eigenvalue weighted by Crippen LogP contribution is 2.33. The number of pyridine rings is 1. The van der Waals surface area contributed by atoms with Crippen LogP contribution in [0.1, 0.15) is 12.6 Å². The van der Waals surface area contributed by atoms with Crippen molar-refractivity contribution in [2.45, 2.75) is 18.0 Å². The number of thioether (sulfide) groups is 1. The van der Waals surface area contributed by atoms with Gasteiger partial charge in [-0.1, -0.05) is 6.92 Å². The average molecular weight is 266 g/mol. The zero-order valence-electron chi connectivity index (χ0n) is 9.16. The fourth-order valence-corrected chi connectivity index (χ4v) is 2.00. The number of halogens is 3. The monoisotopic (exact) mass is 266 g/mol. The second kappa shape index (κ2) is 5.59. The minimum Gasteiger partial charge on any atom is -0.397 e. The number of anilines is 1. The Morgan fingerprint density at radius 3 is 2.71 bits per heavy atom. The molecule has 0 saturated heterocycles. The van der Waals surface area contributed by atoms with Gasteiger partial charge in [0.05, 0.1) is 11.9 Å². The van der Waals surface area contributed by atoms with Crippen LogP contribution < -0.4 is 5.73 Å². The van der Waals surface area contributed by atoms with Crippen molar-refractivity contribution in [2.75, 3.05) is 18.1 Å². The zero-order valence-corrected chi connectivity index (χ0v) is 9.98. The molecule has 1 heterocycles. The minimum atomic E-state index is -4.47. The van der Waals surface area contributed by atoms with E-state index < -0.39 is 11.9 Å². The second-order valence-corrected chi connectivity index (χ2v) is 4.77. The standard InChI is InChI=1S/C10H13F3N2OS/c1-6(4-16)5-17-8-2-9(10(11,12)13)15-3-7(8)14/h2-3,6,16H,4-5,14H2,1H3. The first-order valence-electron chi connectivity index (χ1n) is 4.91. The second-order valence-electron chi connectivity index (χ2n) is 3.70. The Morgan fingerprint density at radius 1 is 1.53 bits per heavy atom. The summed E-state index contributed by atoms with van der Waals surface area (Å²) in [6.45, 7) is 1.79. The summed E-state index contributed by atoms with van der Waals surface area (Å²) in [7, 11) is 0. The molecule has 17 heavy (non-hydrogen) atoms. The van der Waals surface area contributed by atoms with Gasteiger partial charge in [-0.2, -0.15) is 13.2 Å². The highest BCUT2D eigenvalue weighted by molar-refractivity contribution is 7.99. The van der Waals surface area contributed by atoms with Gasteiger partial charge >= 0.3 is 6.18 Å². The summed E-state index contributed by atoms with van der Waals surface area (Å²) >= 11 is 1.18. The highest BCUT2D eigenvalue weighted by atomic mass is 32.2. The third kappa shape index (κ3) is 4.08. The smallest absolute Gasteiger partial charge is 0.397 e. The number of nitrogens with two attached hydrogens (primary N) is 1. The van der Waals surface area contributed by atoms with Gasteiger partial charge in [-0.3, -0.25) is 0 Å². The van der Waals surface area contributed by atoms with E-state index in [-0.39, 0.29) is 18.2 Å². The number of aliphatic hydroxyl groups is 1. The molecule has 0 aliphatic heterocycles. The molecule has 3 N–H and O–H groups in total. The van der Waals surface area contributed by atoms with Crippen LogP contribution in [0.15, 0.2) is 17.2 Å². The van der Waals surface area contributed by atoms with Gasteiger partial charge in [-0.15, -0.1) is 11.8 Å². The van der Waals surface area contributed by atoms with Crippen molar-refractivity contribution in [3.8, 4) is 0 Å². The molecule has 1 atom stereocenters. The maximum Gasteiger partial charge on any atom is 0.433 e. The van der Waals surface area contributed by atoms with Crippen LogP contribution in [0.5, 0.6) is 0 Å². The molecular formula is C10H13F3N2OS. The molecule has 0 amide bonds. The molecular weight excluding hydrogens is 253 g/mol. The van der Waals surface area contributed by atoms with Gasteiger partial charge in [0.15, 0.2) is 0 Å². The maximum absolute atomic E-state index is 12.4. The average Bonchev–Trinajstić information content (AvgIpc) is 2.26. The first-order valence-corrected chi connectivity index (χ1v) is 5.89.